The molecule has 0 radical (unpaired) electrons. The molecule has 0 aliphatic rings. The zero-order valence-corrected chi connectivity index (χ0v) is 16.6. The fraction of sp³-hybridized carbons (Fsp3) is 0.136. The monoisotopic (exact) mass is 403 g/mol. The molecule has 0 saturated heterocycles. The van der Waals surface area contributed by atoms with Crippen LogP contribution in [0.4, 0.5) is 0 Å². The van der Waals surface area contributed by atoms with Gasteiger partial charge in [-0.25, -0.2) is 4.98 Å². The highest BCUT2D eigenvalue weighted by atomic mass is 32.1. The van der Waals surface area contributed by atoms with E-state index in [4.69, 9.17) is 9.15 Å². The Kier molecular flexibility index (Phi) is 4.17. The first-order valence-electron chi connectivity index (χ1n) is 9.15. The van der Waals surface area contributed by atoms with Gasteiger partial charge < -0.3 is 9.15 Å². The van der Waals surface area contributed by atoms with Crippen molar-refractivity contribution < 1.29 is 9.15 Å². The molecule has 7 heteroatoms. The summed E-state index contributed by atoms with van der Waals surface area (Å²) in [7, 11) is 1.66. The third kappa shape index (κ3) is 3.09. The van der Waals surface area contributed by atoms with Crippen LogP contribution in [0.5, 0.6) is 5.75 Å². The van der Waals surface area contributed by atoms with Crippen molar-refractivity contribution in [3.05, 3.63) is 86.8 Å². The molecule has 0 saturated carbocycles. The first-order valence-corrected chi connectivity index (χ1v) is 9.96. The number of benzene rings is 2. The fourth-order valence-corrected chi connectivity index (χ4v) is 4.22. The number of rotatable bonds is 4. The van der Waals surface area contributed by atoms with Crippen molar-refractivity contribution in [1.29, 1.82) is 0 Å². The van der Waals surface area contributed by atoms with Gasteiger partial charge in [0.1, 0.15) is 16.0 Å². The molecule has 1 unspecified atom stereocenters. The van der Waals surface area contributed by atoms with Crippen LogP contribution in [0, 0.1) is 0 Å². The van der Waals surface area contributed by atoms with Crippen molar-refractivity contribution in [1.82, 2.24) is 14.6 Å². The van der Waals surface area contributed by atoms with Crippen LogP contribution >= 0.6 is 11.3 Å². The van der Waals surface area contributed by atoms with Crippen molar-refractivity contribution >= 4 is 33.1 Å². The maximum Gasteiger partial charge on any atom is 0.291 e. The van der Waals surface area contributed by atoms with Crippen molar-refractivity contribution in [2.24, 2.45) is 0 Å². The number of ether oxygens (including phenoxy) is 1. The van der Waals surface area contributed by atoms with E-state index in [1.807, 2.05) is 25.1 Å². The Hall–Kier alpha value is -3.45. The van der Waals surface area contributed by atoms with Crippen molar-refractivity contribution in [3.8, 4) is 5.75 Å². The summed E-state index contributed by atoms with van der Waals surface area (Å²) in [6.07, 6.45) is 3.29. The summed E-state index contributed by atoms with van der Waals surface area (Å²) >= 11 is 1.31. The predicted molar refractivity (Wildman–Crippen MR) is 113 cm³/mol. The summed E-state index contributed by atoms with van der Waals surface area (Å²) in [4.78, 5) is 17.8. The second kappa shape index (κ2) is 6.86. The van der Waals surface area contributed by atoms with Crippen LogP contribution < -0.4 is 14.8 Å². The SMILES string of the molecule is COc1ccc2cc(C(C)c3nc4s/c(=C\c5ccco5)c(=O)n4n3)ccc2c1. The normalized spacial score (nSPS) is 13.4. The number of thiazole rings is 1. The highest BCUT2D eigenvalue weighted by Gasteiger charge is 2.17. The lowest BCUT2D eigenvalue weighted by Gasteiger charge is -2.10. The van der Waals surface area contributed by atoms with Gasteiger partial charge in [-0.1, -0.05) is 42.5 Å². The highest BCUT2D eigenvalue weighted by Crippen LogP contribution is 2.27. The Morgan fingerprint density at radius 1 is 1.17 bits per heavy atom. The van der Waals surface area contributed by atoms with Gasteiger partial charge in [-0.3, -0.25) is 4.79 Å². The minimum Gasteiger partial charge on any atom is -0.497 e. The molecule has 2 aromatic carbocycles. The van der Waals surface area contributed by atoms with E-state index in [9.17, 15) is 4.79 Å². The number of hydrogen-bond acceptors (Lipinski definition) is 6. The van der Waals surface area contributed by atoms with Gasteiger partial charge in [-0.15, -0.1) is 5.10 Å². The fourth-order valence-electron chi connectivity index (χ4n) is 3.32. The van der Waals surface area contributed by atoms with Crippen LogP contribution in [0.1, 0.15) is 30.0 Å². The summed E-state index contributed by atoms with van der Waals surface area (Å²) in [5.74, 6) is 2.06. The molecule has 1 atom stereocenters. The molecule has 0 spiro atoms. The molecule has 0 bridgehead atoms. The Bertz CT molecular complexity index is 1430. The molecule has 3 aromatic heterocycles. The minimum atomic E-state index is -0.182. The smallest absolute Gasteiger partial charge is 0.291 e. The lowest BCUT2D eigenvalue weighted by atomic mass is 9.97. The van der Waals surface area contributed by atoms with Gasteiger partial charge in [-0.2, -0.15) is 4.52 Å². The van der Waals surface area contributed by atoms with Gasteiger partial charge in [0.2, 0.25) is 4.96 Å². The molecule has 0 aliphatic heterocycles. The zero-order chi connectivity index (χ0) is 20.0. The average Bonchev–Trinajstić information content (AvgIpc) is 3.46. The second-order valence-corrected chi connectivity index (χ2v) is 7.80. The van der Waals surface area contributed by atoms with Gasteiger partial charge in [0.25, 0.3) is 5.56 Å². The molecule has 0 amide bonds. The van der Waals surface area contributed by atoms with Crippen LogP contribution in [0.2, 0.25) is 0 Å². The third-order valence-electron chi connectivity index (χ3n) is 4.97. The Morgan fingerprint density at radius 3 is 2.76 bits per heavy atom. The highest BCUT2D eigenvalue weighted by molar-refractivity contribution is 7.15. The van der Waals surface area contributed by atoms with Crippen molar-refractivity contribution in [3.63, 3.8) is 0 Å². The van der Waals surface area contributed by atoms with Crippen molar-refractivity contribution in [2.45, 2.75) is 12.8 Å². The molecule has 0 fully saturated rings. The van der Waals surface area contributed by atoms with E-state index in [1.54, 1.807) is 31.6 Å². The Balaban J connectivity index is 1.52. The van der Waals surface area contributed by atoms with E-state index in [2.05, 4.69) is 28.3 Å². The van der Waals surface area contributed by atoms with Crippen LogP contribution in [0.25, 0.3) is 21.8 Å². The van der Waals surface area contributed by atoms with Gasteiger partial charge >= 0.3 is 0 Å². The summed E-state index contributed by atoms with van der Waals surface area (Å²) in [5, 5.41) is 6.71. The maximum atomic E-state index is 12.6. The minimum absolute atomic E-state index is 0.0366. The standard InChI is InChI=1S/C22H17N3O3S/c1-13(14-5-6-16-11-17(27-2)8-7-15(16)10-14)20-23-22-25(24-20)21(26)19(29-22)12-18-4-3-9-28-18/h3-13H,1-2H3/b19-12-. The molecule has 5 aromatic rings. The third-order valence-corrected chi connectivity index (χ3v) is 5.93. The number of fused-ring (bicyclic) bond motifs is 2. The van der Waals surface area contributed by atoms with E-state index >= 15 is 0 Å². The molecular weight excluding hydrogens is 386 g/mol. The number of furan rings is 1. The zero-order valence-electron chi connectivity index (χ0n) is 15.8. The van der Waals surface area contributed by atoms with E-state index < -0.39 is 0 Å². The Morgan fingerprint density at radius 2 is 2.00 bits per heavy atom. The van der Waals surface area contributed by atoms with Crippen LogP contribution in [-0.2, 0) is 0 Å². The van der Waals surface area contributed by atoms with Crippen LogP contribution in [0.3, 0.4) is 0 Å². The first-order chi connectivity index (χ1) is 14.1. The molecular formula is C22H17N3O3S. The number of hydrogen-bond donors (Lipinski definition) is 0. The summed E-state index contributed by atoms with van der Waals surface area (Å²) in [6.45, 7) is 2.05. The van der Waals surface area contributed by atoms with Gasteiger partial charge in [0.05, 0.1) is 13.4 Å². The molecule has 3 heterocycles. The van der Waals surface area contributed by atoms with Gasteiger partial charge in [0.15, 0.2) is 5.82 Å². The lowest BCUT2D eigenvalue weighted by Crippen LogP contribution is -2.23. The van der Waals surface area contributed by atoms with E-state index in [1.165, 1.54) is 15.9 Å². The second-order valence-electron chi connectivity index (χ2n) is 6.79. The summed E-state index contributed by atoms with van der Waals surface area (Å²) in [5.41, 5.74) is 0.911. The van der Waals surface area contributed by atoms with E-state index in [0.717, 1.165) is 22.1 Å². The molecule has 144 valence electrons. The summed E-state index contributed by atoms with van der Waals surface area (Å²) < 4.78 is 12.5. The van der Waals surface area contributed by atoms with Gasteiger partial charge in [0, 0.05) is 12.0 Å². The number of aromatic nitrogens is 3. The van der Waals surface area contributed by atoms with Crippen molar-refractivity contribution in [2.75, 3.05) is 7.11 Å². The van der Waals surface area contributed by atoms with E-state index in [0.29, 0.717) is 21.1 Å². The largest absolute Gasteiger partial charge is 0.497 e. The average molecular weight is 403 g/mol. The first kappa shape index (κ1) is 17.6. The molecule has 0 aliphatic carbocycles. The molecule has 0 N–H and O–H groups in total. The molecule has 5 rings (SSSR count). The van der Waals surface area contributed by atoms with E-state index in [-0.39, 0.29) is 11.5 Å². The number of methoxy groups -OCH3 is 1. The number of nitrogens with zero attached hydrogens (tertiary/aromatic N) is 3. The Labute approximate surface area is 169 Å². The van der Waals surface area contributed by atoms with Crippen LogP contribution in [0.15, 0.2) is 64.0 Å². The lowest BCUT2D eigenvalue weighted by molar-refractivity contribution is 0.415. The predicted octanol–water partition coefficient (Wildman–Crippen LogP) is 3.61. The molecule has 29 heavy (non-hydrogen) atoms. The topological polar surface area (TPSA) is 69.6 Å². The summed E-state index contributed by atoms with van der Waals surface area (Å²) in [6, 6.07) is 15.8. The quantitative estimate of drug-likeness (QED) is 0.459. The van der Waals surface area contributed by atoms with Gasteiger partial charge in [-0.05, 0) is 40.6 Å². The molecule has 6 nitrogen and oxygen atoms in total. The maximum absolute atomic E-state index is 12.6. The van der Waals surface area contributed by atoms with Crippen LogP contribution in [-0.4, -0.2) is 21.7 Å².